The maximum absolute atomic E-state index is 11.8. The van der Waals surface area contributed by atoms with Gasteiger partial charge in [0.1, 0.15) is 0 Å². The summed E-state index contributed by atoms with van der Waals surface area (Å²) < 4.78 is 0. The van der Waals surface area contributed by atoms with Gasteiger partial charge in [-0.15, -0.1) is 0 Å². The molecule has 0 spiro atoms. The molecule has 1 N–H and O–H groups in total. The highest BCUT2D eigenvalue weighted by Gasteiger charge is 2.57. The number of fused-ring (bicyclic) bond motifs is 5. The van der Waals surface area contributed by atoms with E-state index in [1.54, 1.807) is 6.08 Å². The van der Waals surface area contributed by atoms with Gasteiger partial charge in [-0.2, -0.15) is 0 Å². The van der Waals surface area contributed by atoms with Gasteiger partial charge in [0.25, 0.3) is 0 Å². The maximum Gasteiger partial charge on any atom is 0.178 e. The molecule has 2 fully saturated rings. The molecule has 4 aliphatic carbocycles. The van der Waals surface area contributed by atoms with Gasteiger partial charge in [0.2, 0.25) is 0 Å². The average molecular weight is 355 g/mol. The third kappa shape index (κ3) is 2.59. The first-order valence-electron chi connectivity index (χ1n) is 10.6. The minimum absolute atomic E-state index is 0.0370. The molecule has 0 aromatic heterocycles. The molecule has 2 saturated carbocycles. The fraction of sp³-hybridized carbons (Fsp3) is 0.708. The second-order valence-electron chi connectivity index (χ2n) is 9.84. The van der Waals surface area contributed by atoms with Crippen molar-refractivity contribution in [3.63, 3.8) is 0 Å². The molecule has 142 valence electrons. The van der Waals surface area contributed by atoms with Crippen LogP contribution in [0, 0.1) is 40.4 Å². The SMILES string of the molecule is C[C@H](CCCO)[C@H]1CC[C@H]2[C@@H]3C=CC4=CC(=O)C=C[C@]4(C)[C@H]3CC[C@]12C. The summed E-state index contributed by atoms with van der Waals surface area (Å²) in [5.41, 5.74) is 1.70. The van der Waals surface area contributed by atoms with Gasteiger partial charge in [0.05, 0.1) is 0 Å². The molecule has 4 rings (SSSR count). The van der Waals surface area contributed by atoms with Crippen LogP contribution in [-0.2, 0) is 4.79 Å². The molecule has 4 aliphatic rings. The van der Waals surface area contributed by atoms with E-state index in [1.807, 2.05) is 6.08 Å². The van der Waals surface area contributed by atoms with Gasteiger partial charge in [-0.3, -0.25) is 4.79 Å². The third-order valence-electron chi connectivity index (χ3n) is 8.69. The van der Waals surface area contributed by atoms with Crippen LogP contribution in [0.4, 0.5) is 0 Å². The number of carbonyl (C=O) groups excluding carboxylic acids is 1. The summed E-state index contributed by atoms with van der Waals surface area (Å²) in [6, 6.07) is 0. The number of rotatable bonds is 4. The van der Waals surface area contributed by atoms with Gasteiger partial charge in [-0.25, -0.2) is 0 Å². The van der Waals surface area contributed by atoms with Crippen molar-refractivity contribution in [2.75, 3.05) is 6.61 Å². The van der Waals surface area contributed by atoms with E-state index in [0.29, 0.717) is 29.8 Å². The summed E-state index contributed by atoms with van der Waals surface area (Å²) in [4.78, 5) is 11.8. The summed E-state index contributed by atoms with van der Waals surface area (Å²) in [6.45, 7) is 7.64. The lowest BCUT2D eigenvalue weighted by molar-refractivity contribution is -0.110. The standard InChI is InChI=1S/C24H34O2/c1-16(5-4-14-25)20-8-9-21-19-7-6-17-15-18(26)10-12-23(17,2)22(19)11-13-24(20,21)3/h6-7,10,12,15-16,19-22,25H,4-5,8-9,11,13-14H2,1-3H3/t16-,19+,20-,21+,22+,23+,24-/m1/s1. The lowest BCUT2D eigenvalue weighted by atomic mass is 9.49. The summed E-state index contributed by atoms with van der Waals surface area (Å²) >= 11 is 0. The molecule has 0 radical (unpaired) electrons. The number of ketones is 1. The number of hydrogen-bond acceptors (Lipinski definition) is 2. The van der Waals surface area contributed by atoms with Gasteiger partial charge in [0.15, 0.2) is 5.78 Å². The summed E-state index contributed by atoms with van der Waals surface area (Å²) in [7, 11) is 0. The third-order valence-corrected chi connectivity index (χ3v) is 8.69. The van der Waals surface area contributed by atoms with Crippen LogP contribution in [0.3, 0.4) is 0 Å². The van der Waals surface area contributed by atoms with Crippen LogP contribution in [0.1, 0.15) is 59.3 Å². The molecular weight excluding hydrogens is 320 g/mol. The van der Waals surface area contributed by atoms with Crippen LogP contribution in [0.5, 0.6) is 0 Å². The fourth-order valence-corrected chi connectivity index (χ4v) is 7.24. The fourth-order valence-electron chi connectivity index (χ4n) is 7.24. The van der Waals surface area contributed by atoms with Crippen molar-refractivity contribution in [2.45, 2.75) is 59.3 Å². The van der Waals surface area contributed by atoms with Crippen molar-refractivity contribution in [2.24, 2.45) is 40.4 Å². The largest absolute Gasteiger partial charge is 0.396 e. The van der Waals surface area contributed by atoms with E-state index in [-0.39, 0.29) is 11.2 Å². The molecule has 7 atom stereocenters. The predicted molar refractivity (Wildman–Crippen MR) is 105 cm³/mol. The molecular formula is C24H34O2. The normalized spacial score (nSPS) is 44.9. The lowest BCUT2D eigenvalue weighted by Crippen LogP contribution is -2.48. The predicted octanol–water partition coefficient (Wildman–Crippen LogP) is 5.10. The Kier molecular flexibility index (Phi) is 4.54. The first kappa shape index (κ1) is 18.2. The van der Waals surface area contributed by atoms with E-state index in [4.69, 9.17) is 0 Å². The van der Waals surface area contributed by atoms with Crippen molar-refractivity contribution in [1.29, 1.82) is 0 Å². The molecule has 0 bridgehead atoms. The highest BCUT2D eigenvalue weighted by atomic mass is 16.2. The van der Waals surface area contributed by atoms with Crippen LogP contribution in [-0.4, -0.2) is 17.5 Å². The Labute approximate surface area is 158 Å². The highest BCUT2D eigenvalue weighted by Crippen LogP contribution is 2.65. The van der Waals surface area contributed by atoms with Crippen molar-refractivity contribution in [1.82, 2.24) is 0 Å². The topological polar surface area (TPSA) is 37.3 Å². The number of hydrogen-bond donors (Lipinski definition) is 1. The zero-order valence-electron chi connectivity index (χ0n) is 16.6. The second-order valence-corrected chi connectivity index (χ2v) is 9.84. The zero-order chi connectivity index (χ0) is 18.5. The molecule has 2 heteroatoms. The van der Waals surface area contributed by atoms with Crippen molar-refractivity contribution in [3.05, 3.63) is 36.0 Å². The van der Waals surface area contributed by atoms with Crippen LogP contribution >= 0.6 is 0 Å². The zero-order valence-corrected chi connectivity index (χ0v) is 16.6. The van der Waals surface area contributed by atoms with Gasteiger partial charge in [-0.1, -0.05) is 39.0 Å². The van der Waals surface area contributed by atoms with Gasteiger partial charge in [0, 0.05) is 12.0 Å². The van der Waals surface area contributed by atoms with Crippen molar-refractivity contribution in [3.8, 4) is 0 Å². The average Bonchev–Trinajstić information content (AvgIpc) is 2.97. The molecule has 0 aromatic rings. The summed E-state index contributed by atoms with van der Waals surface area (Å²) in [6.07, 6.45) is 17.9. The minimum Gasteiger partial charge on any atom is -0.396 e. The van der Waals surface area contributed by atoms with Gasteiger partial charge >= 0.3 is 0 Å². The molecule has 0 saturated heterocycles. The maximum atomic E-state index is 11.8. The Bertz CT molecular complexity index is 672. The van der Waals surface area contributed by atoms with E-state index >= 15 is 0 Å². The molecule has 0 unspecified atom stereocenters. The summed E-state index contributed by atoms with van der Waals surface area (Å²) in [5.74, 6) is 3.68. The number of aliphatic hydroxyl groups excluding tert-OH is 1. The van der Waals surface area contributed by atoms with E-state index in [2.05, 4.69) is 39.0 Å². The first-order valence-corrected chi connectivity index (χ1v) is 10.6. The Balaban J connectivity index is 1.62. The van der Waals surface area contributed by atoms with Crippen LogP contribution in [0.25, 0.3) is 0 Å². The van der Waals surface area contributed by atoms with Crippen LogP contribution in [0.15, 0.2) is 36.0 Å². The number of carbonyl (C=O) groups is 1. The number of allylic oxidation sites excluding steroid dienone is 6. The quantitative estimate of drug-likeness (QED) is 0.763. The second kappa shape index (κ2) is 6.48. The van der Waals surface area contributed by atoms with E-state index < -0.39 is 0 Å². The number of aliphatic hydroxyl groups is 1. The van der Waals surface area contributed by atoms with Crippen LogP contribution in [0.2, 0.25) is 0 Å². The van der Waals surface area contributed by atoms with E-state index in [0.717, 1.165) is 24.7 Å². The Morgan fingerprint density at radius 3 is 2.77 bits per heavy atom. The van der Waals surface area contributed by atoms with Crippen molar-refractivity contribution < 1.29 is 9.90 Å². The van der Waals surface area contributed by atoms with Crippen molar-refractivity contribution >= 4 is 5.78 Å². The molecule has 26 heavy (non-hydrogen) atoms. The van der Waals surface area contributed by atoms with Crippen LogP contribution < -0.4 is 0 Å². The molecule has 0 amide bonds. The first-order chi connectivity index (χ1) is 12.4. The lowest BCUT2D eigenvalue weighted by Gasteiger charge is -2.55. The molecule has 0 heterocycles. The Hall–Kier alpha value is -1.15. The Morgan fingerprint density at radius 1 is 1.19 bits per heavy atom. The Morgan fingerprint density at radius 2 is 2.00 bits per heavy atom. The van der Waals surface area contributed by atoms with E-state index in [9.17, 15) is 9.90 Å². The van der Waals surface area contributed by atoms with E-state index in [1.165, 1.54) is 31.3 Å². The highest BCUT2D eigenvalue weighted by molar-refractivity contribution is 6.01. The van der Waals surface area contributed by atoms with Gasteiger partial charge in [-0.05, 0) is 91.3 Å². The minimum atomic E-state index is 0.0370. The summed E-state index contributed by atoms with van der Waals surface area (Å²) in [5, 5.41) is 9.22. The monoisotopic (exact) mass is 354 g/mol. The molecule has 0 aromatic carbocycles. The van der Waals surface area contributed by atoms with Gasteiger partial charge < -0.3 is 5.11 Å². The smallest absolute Gasteiger partial charge is 0.178 e. The molecule has 2 nitrogen and oxygen atoms in total. The molecule has 0 aliphatic heterocycles.